The number of rotatable bonds is 2. The quantitative estimate of drug-likeness (QED) is 0.561. The number of hydrogen-bond donors (Lipinski definition) is 0. The van der Waals surface area contributed by atoms with E-state index in [1.165, 1.54) is 19.3 Å². The van der Waals surface area contributed by atoms with Crippen LogP contribution in [-0.2, 0) is 0 Å². The van der Waals surface area contributed by atoms with Gasteiger partial charge in [0.1, 0.15) is 0 Å². The first-order valence-corrected chi connectivity index (χ1v) is 5.15. The molecule has 0 N–H and O–H groups in total. The van der Waals surface area contributed by atoms with Gasteiger partial charge in [-0.1, -0.05) is 40.0 Å². The molecular formula is C10H19Cl. The van der Waals surface area contributed by atoms with Crippen LogP contribution in [0.2, 0.25) is 0 Å². The van der Waals surface area contributed by atoms with Crippen LogP contribution >= 0.6 is 11.6 Å². The van der Waals surface area contributed by atoms with Crippen LogP contribution in [0.5, 0.6) is 0 Å². The van der Waals surface area contributed by atoms with E-state index in [2.05, 4.69) is 20.8 Å². The standard InChI is InChI=1S/C10H19Cl/c1-10(2,3)9(7-11)8-5-4-6-8/h8-9H,4-7H2,1-3H3. The maximum absolute atomic E-state index is 5.96. The van der Waals surface area contributed by atoms with Gasteiger partial charge in [0, 0.05) is 5.88 Å². The van der Waals surface area contributed by atoms with Gasteiger partial charge in [0.2, 0.25) is 0 Å². The highest BCUT2D eigenvalue weighted by molar-refractivity contribution is 6.18. The van der Waals surface area contributed by atoms with E-state index in [4.69, 9.17) is 11.6 Å². The van der Waals surface area contributed by atoms with E-state index in [0.29, 0.717) is 5.41 Å². The molecule has 1 atom stereocenters. The van der Waals surface area contributed by atoms with Gasteiger partial charge in [-0.3, -0.25) is 0 Å². The predicted octanol–water partition coefficient (Wildman–Crippen LogP) is 3.69. The Bertz CT molecular complexity index is 119. The normalized spacial score (nSPS) is 22.9. The molecule has 1 rings (SSSR count). The Labute approximate surface area is 75.3 Å². The van der Waals surface area contributed by atoms with Crippen molar-refractivity contribution in [2.45, 2.75) is 40.0 Å². The average Bonchev–Trinajstić information content (AvgIpc) is 1.74. The highest BCUT2D eigenvalue weighted by Crippen LogP contribution is 2.42. The SMILES string of the molecule is CC(C)(C)C(CCl)C1CCC1. The van der Waals surface area contributed by atoms with Gasteiger partial charge in [0.25, 0.3) is 0 Å². The van der Waals surface area contributed by atoms with E-state index in [9.17, 15) is 0 Å². The third-order valence-electron chi connectivity index (χ3n) is 3.00. The molecule has 0 nitrogen and oxygen atoms in total. The van der Waals surface area contributed by atoms with Crippen molar-refractivity contribution in [2.24, 2.45) is 17.3 Å². The number of halogens is 1. The summed E-state index contributed by atoms with van der Waals surface area (Å²) in [4.78, 5) is 0. The van der Waals surface area contributed by atoms with Crippen LogP contribution in [0.1, 0.15) is 40.0 Å². The van der Waals surface area contributed by atoms with Crippen molar-refractivity contribution in [3.05, 3.63) is 0 Å². The first-order valence-electron chi connectivity index (χ1n) is 4.61. The lowest BCUT2D eigenvalue weighted by Gasteiger charge is -2.40. The number of hydrogen-bond acceptors (Lipinski definition) is 0. The Morgan fingerprint density at radius 2 is 1.91 bits per heavy atom. The highest BCUT2D eigenvalue weighted by atomic mass is 35.5. The van der Waals surface area contributed by atoms with Crippen molar-refractivity contribution < 1.29 is 0 Å². The summed E-state index contributed by atoms with van der Waals surface area (Å²) in [6.07, 6.45) is 4.25. The van der Waals surface area contributed by atoms with Crippen molar-refractivity contribution in [1.82, 2.24) is 0 Å². The van der Waals surface area contributed by atoms with Crippen LogP contribution < -0.4 is 0 Å². The van der Waals surface area contributed by atoms with Crippen LogP contribution in [0.25, 0.3) is 0 Å². The second-order valence-electron chi connectivity index (χ2n) is 4.82. The smallest absolute Gasteiger partial charge is 0.0259 e. The molecule has 0 aliphatic heterocycles. The lowest BCUT2D eigenvalue weighted by Crippen LogP contribution is -2.33. The molecule has 11 heavy (non-hydrogen) atoms. The minimum atomic E-state index is 0.410. The first kappa shape index (κ1) is 9.38. The molecule has 0 spiro atoms. The van der Waals surface area contributed by atoms with E-state index in [-0.39, 0.29) is 0 Å². The molecule has 1 saturated carbocycles. The molecule has 0 radical (unpaired) electrons. The molecule has 0 heterocycles. The zero-order chi connectivity index (χ0) is 8.48. The largest absolute Gasteiger partial charge is 0.126 e. The maximum Gasteiger partial charge on any atom is 0.0259 e. The molecule has 66 valence electrons. The minimum Gasteiger partial charge on any atom is -0.126 e. The highest BCUT2D eigenvalue weighted by Gasteiger charge is 2.34. The minimum absolute atomic E-state index is 0.410. The topological polar surface area (TPSA) is 0 Å². The third kappa shape index (κ3) is 2.11. The summed E-state index contributed by atoms with van der Waals surface area (Å²) in [5.74, 6) is 2.50. The molecule has 1 heteroatoms. The monoisotopic (exact) mass is 174 g/mol. The van der Waals surface area contributed by atoms with Gasteiger partial charge in [-0.25, -0.2) is 0 Å². The van der Waals surface area contributed by atoms with Gasteiger partial charge < -0.3 is 0 Å². The molecule has 0 aromatic rings. The molecule has 1 fully saturated rings. The van der Waals surface area contributed by atoms with E-state index >= 15 is 0 Å². The van der Waals surface area contributed by atoms with E-state index in [1.54, 1.807) is 0 Å². The zero-order valence-electron chi connectivity index (χ0n) is 7.86. The second kappa shape index (κ2) is 3.35. The fourth-order valence-electron chi connectivity index (χ4n) is 1.91. The van der Waals surface area contributed by atoms with E-state index in [0.717, 1.165) is 17.7 Å². The van der Waals surface area contributed by atoms with Crippen molar-refractivity contribution in [2.75, 3.05) is 5.88 Å². The fraction of sp³-hybridized carbons (Fsp3) is 1.00. The lowest BCUT2D eigenvalue weighted by atomic mass is 9.66. The van der Waals surface area contributed by atoms with Crippen LogP contribution in [0.15, 0.2) is 0 Å². The van der Waals surface area contributed by atoms with Crippen LogP contribution in [0.3, 0.4) is 0 Å². The molecule has 1 aliphatic rings. The Kier molecular flexibility index (Phi) is 2.85. The summed E-state index contributed by atoms with van der Waals surface area (Å²) in [5, 5.41) is 0. The van der Waals surface area contributed by atoms with Crippen molar-refractivity contribution >= 4 is 11.6 Å². The van der Waals surface area contributed by atoms with E-state index < -0.39 is 0 Å². The molecule has 1 aliphatic carbocycles. The molecule has 0 amide bonds. The summed E-state index contributed by atoms with van der Waals surface area (Å²) in [7, 11) is 0. The first-order chi connectivity index (χ1) is 5.05. The zero-order valence-corrected chi connectivity index (χ0v) is 8.62. The third-order valence-corrected chi connectivity index (χ3v) is 3.33. The molecule has 0 aromatic carbocycles. The summed E-state index contributed by atoms with van der Waals surface area (Å²) in [5.41, 5.74) is 0.410. The van der Waals surface area contributed by atoms with Crippen molar-refractivity contribution in [3.8, 4) is 0 Å². The van der Waals surface area contributed by atoms with Crippen molar-refractivity contribution in [1.29, 1.82) is 0 Å². The summed E-state index contributed by atoms with van der Waals surface area (Å²) < 4.78 is 0. The molecule has 1 unspecified atom stereocenters. The fourth-order valence-corrected chi connectivity index (χ4v) is 2.62. The predicted molar refractivity (Wildman–Crippen MR) is 51.0 cm³/mol. The average molecular weight is 175 g/mol. The van der Waals surface area contributed by atoms with Crippen LogP contribution in [0.4, 0.5) is 0 Å². The molecular weight excluding hydrogens is 156 g/mol. The van der Waals surface area contributed by atoms with Gasteiger partial charge in [-0.15, -0.1) is 11.6 Å². The summed E-state index contributed by atoms with van der Waals surface area (Å²) >= 11 is 5.96. The summed E-state index contributed by atoms with van der Waals surface area (Å²) in [6.45, 7) is 6.91. The molecule has 0 bridgehead atoms. The van der Waals surface area contributed by atoms with Gasteiger partial charge in [-0.2, -0.15) is 0 Å². The van der Waals surface area contributed by atoms with Crippen LogP contribution in [-0.4, -0.2) is 5.88 Å². The molecule has 0 saturated heterocycles. The lowest BCUT2D eigenvalue weighted by molar-refractivity contribution is 0.116. The van der Waals surface area contributed by atoms with E-state index in [1.807, 2.05) is 0 Å². The second-order valence-corrected chi connectivity index (χ2v) is 5.13. The summed E-state index contributed by atoms with van der Waals surface area (Å²) in [6, 6.07) is 0. The van der Waals surface area contributed by atoms with Crippen molar-refractivity contribution in [3.63, 3.8) is 0 Å². The van der Waals surface area contributed by atoms with Gasteiger partial charge in [-0.05, 0) is 17.3 Å². The molecule has 0 aromatic heterocycles. The Balaban J connectivity index is 2.48. The maximum atomic E-state index is 5.96. The number of alkyl halides is 1. The van der Waals surface area contributed by atoms with Gasteiger partial charge >= 0.3 is 0 Å². The van der Waals surface area contributed by atoms with Crippen LogP contribution in [0, 0.1) is 17.3 Å². The van der Waals surface area contributed by atoms with Gasteiger partial charge in [0.15, 0.2) is 0 Å². The van der Waals surface area contributed by atoms with Gasteiger partial charge in [0.05, 0.1) is 0 Å². The Morgan fingerprint density at radius 1 is 1.36 bits per heavy atom. The Morgan fingerprint density at radius 3 is 2.00 bits per heavy atom. The Hall–Kier alpha value is 0.290.